The molecule has 1 saturated heterocycles. The Morgan fingerprint density at radius 3 is 2.40 bits per heavy atom. The zero-order valence-electron chi connectivity index (χ0n) is 18.3. The molecule has 0 aromatic heterocycles. The molecule has 0 radical (unpaired) electrons. The third-order valence-corrected chi connectivity index (χ3v) is 9.79. The van der Waals surface area contributed by atoms with Gasteiger partial charge in [0.2, 0.25) is 0 Å². The van der Waals surface area contributed by atoms with Crippen molar-refractivity contribution in [1.82, 2.24) is 0 Å². The lowest BCUT2D eigenvalue weighted by molar-refractivity contribution is -0.253. The first kappa shape index (κ1) is 20.7. The monoisotopic (exact) mass is 474 g/mol. The maximum Gasteiger partial charge on any atom is 0.338 e. The van der Waals surface area contributed by atoms with E-state index in [0.717, 1.165) is 23.2 Å². The van der Waals surface area contributed by atoms with Gasteiger partial charge in [0, 0.05) is 17.3 Å². The zero-order chi connectivity index (χ0) is 21.5. The average molecular weight is 475 g/mol. The summed E-state index contributed by atoms with van der Waals surface area (Å²) in [7, 11) is 0. The van der Waals surface area contributed by atoms with E-state index in [1.165, 1.54) is 6.42 Å². The fraction of sp³-hybridized carbons (Fsp3) is 0.680. The number of hydrogen-bond donors (Lipinski definition) is 0. The van der Waals surface area contributed by atoms with Crippen molar-refractivity contribution in [1.29, 1.82) is 0 Å². The van der Waals surface area contributed by atoms with Crippen molar-refractivity contribution in [2.45, 2.75) is 83.5 Å². The number of carbonyl (C=O) groups is 2. The maximum absolute atomic E-state index is 13.1. The van der Waals surface area contributed by atoms with Gasteiger partial charge in [-0.15, -0.1) is 0 Å². The smallest absolute Gasteiger partial charge is 0.338 e. The van der Waals surface area contributed by atoms with Gasteiger partial charge in [0.05, 0.1) is 16.6 Å². The normalized spacial score (nSPS) is 40.6. The predicted molar refractivity (Wildman–Crippen MR) is 117 cm³/mol. The predicted octanol–water partition coefficient (Wildman–Crippen LogP) is 5.72. The fourth-order valence-corrected chi connectivity index (χ4v) is 7.39. The Balaban J connectivity index is 1.50. The molecule has 6 rings (SSSR count). The summed E-state index contributed by atoms with van der Waals surface area (Å²) < 4.78 is 14.2. The SMILES string of the molecule is CC1(C)[C@H]2CC[C@@]3(C[C@H](OC(=O)c4ccc(Br)cc4)[C@@]4(CCC(=O)C4(C)C)O3)[C@@H]1C2. The molecular formula is C25H31BrO4. The second-order valence-corrected chi connectivity index (χ2v) is 12.0. The van der Waals surface area contributed by atoms with Crippen LogP contribution in [0.5, 0.6) is 0 Å². The molecule has 2 spiro atoms. The Hall–Kier alpha value is -1.20. The highest BCUT2D eigenvalue weighted by molar-refractivity contribution is 9.10. The molecule has 1 aliphatic heterocycles. The van der Waals surface area contributed by atoms with Gasteiger partial charge in [-0.3, -0.25) is 4.79 Å². The van der Waals surface area contributed by atoms with Crippen molar-refractivity contribution in [3.63, 3.8) is 0 Å². The van der Waals surface area contributed by atoms with Crippen molar-refractivity contribution in [3.8, 4) is 0 Å². The second kappa shape index (κ2) is 6.41. The summed E-state index contributed by atoms with van der Waals surface area (Å²) in [6.07, 6.45) is 4.77. The minimum Gasteiger partial charge on any atom is -0.456 e. The molecule has 1 heterocycles. The van der Waals surface area contributed by atoms with Gasteiger partial charge >= 0.3 is 5.97 Å². The van der Waals surface area contributed by atoms with Gasteiger partial charge in [-0.25, -0.2) is 4.79 Å². The van der Waals surface area contributed by atoms with E-state index in [2.05, 4.69) is 29.8 Å². The van der Waals surface area contributed by atoms with Crippen LogP contribution in [0.1, 0.15) is 76.6 Å². The number of halogens is 1. The first-order chi connectivity index (χ1) is 14.0. The summed E-state index contributed by atoms with van der Waals surface area (Å²) in [5.41, 5.74) is -0.898. The van der Waals surface area contributed by atoms with Crippen LogP contribution in [0.2, 0.25) is 0 Å². The first-order valence-corrected chi connectivity index (χ1v) is 12.0. The van der Waals surface area contributed by atoms with E-state index < -0.39 is 17.1 Å². The summed E-state index contributed by atoms with van der Waals surface area (Å²) in [6, 6.07) is 7.24. The highest BCUT2D eigenvalue weighted by atomic mass is 79.9. The highest BCUT2D eigenvalue weighted by Gasteiger charge is 2.73. The Morgan fingerprint density at radius 1 is 1.13 bits per heavy atom. The van der Waals surface area contributed by atoms with E-state index in [4.69, 9.17) is 9.47 Å². The van der Waals surface area contributed by atoms with Crippen molar-refractivity contribution in [2.24, 2.45) is 22.7 Å². The van der Waals surface area contributed by atoms with E-state index in [1.54, 1.807) is 12.1 Å². The molecule has 4 saturated carbocycles. The van der Waals surface area contributed by atoms with Gasteiger partial charge in [-0.1, -0.05) is 29.8 Å². The molecule has 5 aliphatic rings. The highest BCUT2D eigenvalue weighted by Crippen LogP contribution is 2.70. The van der Waals surface area contributed by atoms with Crippen LogP contribution in [0.4, 0.5) is 0 Å². The molecule has 4 nitrogen and oxygen atoms in total. The molecule has 5 heteroatoms. The summed E-state index contributed by atoms with van der Waals surface area (Å²) in [5, 5.41) is 0. The molecule has 5 fully saturated rings. The van der Waals surface area contributed by atoms with Gasteiger partial charge in [-0.2, -0.15) is 0 Å². The van der Waals surface area contributed by atoms with Gasteiger partial charge in [0.1, 0.15) is 17.5 Å². The number of ketones is 1. The van der Waals surface area contributed by atoms with Crippen molar-refractivity contribution < 1.29 is 19.1 Å². The van der Waals surface area contributed by atoms with Crippen molar-refractivity contribution in [3.05, 3.63) is 34.3 Å². The molecule has 30 heavy (non-hydrogen) atoms. The Labute approximate surface area is 187 Å². The lowest BCUT2D eigenvalue weighted by Crippen LogP contribution is -2.62. The van der Waals surface area contributed by atoms with Crippen LogP contribution in [-0.2, 0) is 14.3 Å². The van der Waals surface area contributed by atoms with Crippen LogP contribution in [0.3, 0.4) is 0 Å². The standard InChI is InChI=1S/C25H31BrO4/c1-22(2)16-9-11-24(18(22)13-16)14-20(25(30-24)12-10-19(27)23(25,3)4)29-21(28)15-5-7-17(26)8-6-15/h5-8,16,18,20H,9-14H2,1-4H3/t16-,18+,20-,24+,25+/m0/s1. The largest absolute Gasteiger partial charge is 0.456 e. The molecule has 162 valence electrons. The number of fused-ring (bicyclic) bond motifs is 1. The summed E-state index contributed by atoms with van der Waals surface area (Å²) >= 11 is 3.41. The third kappa shape index (κ3) is 2.60. The average Bonchev–Trinajstić information content (AvgIpc) is 3.11. The van der Waals surface area contributed by atoms with Crippen molar-refractivity contribution >= 4 is 27.7 Å². The summed E-state index contributed by atoms with van der Waals surface area (Å²) in [6.45, 7) is 8.68. The maximum atomic E-state index is 13.1. The lowest BCUT2D eigenvalue weighted by atomic mass is 9.43. The minimum absolute atomic E-state index is 0.214. The molecule has 0 amide bonds. The molecule has 0 N–H and O–H groups in total. The lowest BCUT2D eigenvalue weighted by Gasteiger charge is -2.64. The van der Waals surface area contributed by atoms with E-state index in [1.807, 2.05) is 26.0 Å². The molecule has 0 unspecified atom stereocenters. The topological polar surface area (TPSA) is 52.6 Å². The van der Waals surface area contributed by atoms with Crippen LogP contribution in [-0.4, -0.2) is 29.1 Å². The Morgan fingerprint density at radius 2 is 1.83 bits per heavy atom. The number of hydrogen-bond acceptors (Lipinski definition) is 4. The van der Waals surface area contributed by atoms with Crippen LogP contribution in [0.15, 0.2) is 28.7 Å². The Kier molecular flexibility index (Phi) is 4.42. The first-order valence-electron chi connectivity index (χ1n) is 11.2. The molecule has 1 aromatic rings. The molecule has 4 aliphatic carbocycles. The fourth-order valence-electron chi connectivity index (χ4n) is 7.13. The minimum atomic E-state index is -0.729. The van der Waals surface area contributed by atoms with Crippen LogP contribution < -0.4 is 0 Å². The van der Waals surface area contributed by atoms with Gasteiger partial charge in [-0.05, 0) is 81.0 Å². The number of Topliss-reactive ketones (excluding diaryl/α,β-unsaturated/α-hetero) is 1. The van der Waals surface area contributed by atoms with Crippen molar-refractivity contribution in [2.75, 3.05) is 0 Å². The van der Waals surface area contributed by atoms with E-state index >= 15 is 0 Å². The van der Waals surface area contributed by atoms with Crippen LogP contribution in [0, 0.1) is 22.7 Å². The number of rotatable bonds is 2. The van der Waals surface area contributed by atoms with Crippen LogP contribution in [0.25, 0.3) is 0 Å². The van der Waals surface area contributed by atoms with E-state index in [9.17, 15) is 9.59 Å². The van der Waals surface area contributed by atoms with Gasteiger partial charge in [0.15, 0.2) is 0 Å². The number of ether oxygens (including phenoxy) is 2. The number of benzene rings is 1. The summed E-state index contributed by atoms with van der Waals surface area (Å²) in [5.74, 6) is 1.11. The molecule has 1 aromatic carbocycles. The number of esters is 1. The van der Waals surface area contributed by atoms with Gasteiger partial charge in [0.25, 0.3) is 0 Å². The Bertz CT molecular complexity index is 902. The van der Waals surface area contributed by atoms with E-state index in [-0.39, 0.29) is 22.8 Å². The second-order valence-electron chi connectivity index (χ2n) is 11.1. The van der Waals surface area contributed by atoms with E-state index in [0.29, 0.717) is 30.7 Å². The number of carbonyl (C=O) groups excluding carboxylic acids is 2. The third-order valence-electron chi connectivity index (χ3n) is 9.27. The van der Waals surface area contributed by atoms with Crippen LogP contribution >= 0.6 is 15.9 Å². The molecule has 5 atom stereocenters. The summed E-state index contributed by atoms with van der Waals surface area (Å²) in [4.78, 5) is 25.9. The van der Waals surface area contributed by atoms with Gasteiger partial charge < -0.3 is 9.47 Å². The zero-order valence-corrected chi connectivity index (χ0v) is 19.9. The molecular weight excluding hydrogens is 444 g/mol. The molecule has 2 bridgehead atoms. The quantitative estimate of drug-likeness (QED) is 0.514.